The molecule has 3 rings (SSSR count). The molecule has 1 fully saturated rings. The molecule has 122 valence electrons. The molecule has 2 heterocycles. The van der Waals surface area contributed by atoms with Gasteiger partial charge in [0.1, 0.15) is 0 Å². The average Bonchev–Trinajstić information content (AvgIpc) is 2.55. The molecule has 0 radical (unpaired) electrons. The maximum absolute atomic E-state index is 6.04. The normalized spacial score (nSPS) is 19.5. The first-order valence-electron chi connectivity index (χ1n) is 7.75. The average molecular weight is 416 g/mol. The number of halogens is 1. The Morgan fingerprint density at radius 3 is 2.64 bits per heavy atom. The van der Waals surface area contributed by atoms with Gasteiger partial charge < -0.3 is 15.4 Å². The van der Waals surface area contributed by atoms with Crippen molar-refractivity contribution in [1.29, 1.82) is 0 Å². The van der Waals surface area contributed by atoms with Crippen LogP contribution in [0.2, 0.25) is 0 Å². The summed E-state index contributed by atoms with van der Waals surface area (Å²) in [6.45, 7) is 7.09. The highest BCUT2D eigenvalue weighted by atomic mass is 127. The van der Waals surface area contributed by atoms with E-state index in [1.165, 1.54) is 11.1 Å². The van der Waals surface area contributed by atoms with Crippen molar-refractivity contribution in [3.63, 3.8) is 0 Å². The topological polar surface area (TPSA) is 54.1 Å². The molecule has 1 aromatic carbocycles. The number of fused-ring (bicyclic) bond motifs is 1. The van der Waals surface area contributed by atoms with E-state index < -0.39 is 0 Å². The lowest BCUT2D eigenvalue weighted by molar-refractivity contribution is 0.0674. The summed E-state index contributed by atoms with van der Waals surface area (Å²) in [4.78, 5) is 9.08. The Hall–Kier alpha value is -0.860. The van der Waals surface area contributed by atoms with Crippen LogP contribution in [0.15, 0.2) is 29.3 Å². The van der Waals surface area contributed by atoms with E-state index in [9.17, 15) is 0 Å². The first kappa shape index (κ1) is 17.5. The smallest absolute Gasteiger partial charge is 0.191 e. The minimum Gasteiger partial charge on any atom is -0.378 e. The molecular weight excluding hydrogens is 391 g/mol. The van der Waals surface area contributed by atoms with Gasteiger partial charge in [0.2, 0.25) is 0 Å². The van der Waals surface area contributed by atoms with E-state index in [1.54, 1.807) is 0 Å². The van der Waals surface area contributed by atoms with E-state index in [0.29, 0.717) is 5.96 Å². The van der Waals surface area contributed by atoms with Gasteiger partial charge in [-0.05, 0) is 17.5 Å². The molecule has 6 heteroatoms. The van der Waals surface area contributed by atoms with Crippen molar-refractivity contribution in [3.05, 3.63) is 35.4 Å². The second kappa shape index (κ2) is 8.69. The van der Waals surface area contributed by atoms with E-state index in [0.717, 1.165) is 58.9 Å². The highest BCUT2D eigenvalue weighted by Gasteiger charge is 2.15. The number of nitrogens with two attached hydrogens (primary N) is 1. The van der Waals surface area contributed by atoms with Crippen LogP contribution in [0.4, 0.5) is 0 Å². The second-order valence-corrected chi connectivity index (χ2v) is 5.63. The molecule has 0 spiro atoms. The van der Waals surface area contributed by atoms with Crippen LogP contribution < -0.4 is 5.73 Å². The molecule has 0 bridgehead atoms. The number of rotatable bonds is 3. The number of morpholine rings is 1. The summed E-state index contributed by atoms with van der Waals surface area (Å²) in [6.07, 6.45) is 1.14. The van der Waals surface area contributed by atoms with Crippen molar-refractivity contribution >= 4 is 29.9 Å². The highest BCUT2D eigenvalue weighted by Crippen LogP contribution is 2.17. The Kier molecular flexibility index (Phi) is 6.91. The molecule has 0 aromatic heterocycles. The molecule has 2 N–H and O–H groups in total. The molecule has 2 aliphatic heterocycles. The van der Waals surface area contributed by atoms with Gasteiger partial charge in [-0.15, -0.1) is 24.0 Å². The second-order valence-electron chi connectivity index (χ2n) is 5.63. The van der Waals surface area contributed by atoms with Gasteiger partial charge in [0, 0.05) is 32.7 Å². The van der Waals surface area contributed by atoms with Crippen LogP contribution in [-0.4, -0.2) is 61.7 Å². The molecule has 0 unspecified atom stereocenters. The summed E-state index contributed by atoms with van der Waals surface area (Å²) in [6, 6.07) is 8.72. The van der Waals surface area contributed by atoms with E-state index in [4.69, 9.17) is 10.5 Å². The third kappa shape index (κ3) is 4.57. The maximum atomic E-state index is 6.04. The predicted molar refractivity (Wildman–Crippen MR) is 99.7 cm³/mol. The lowest BCUT2D eigenvalue weighted by atomic mass is 10.0. The number of hydrogen-bond acceptors (Lipinski definition) is 3. The molecule has 2 aliphatic rings. The molecule has 0 aliphatic carbocycles. The molecule has 22 heavy (non-hydrogen) atoms. The number of guanidine groups is 1. The summed E-state index contributed by atoms with van der Waals surface area (Å²) in [5.41, 5.74) is 8.99. The summed E-state index contributed by atoms with van der Waals surface area (Å²) in [5, 5.41) is 0. The zero-order valence-electron chi connectivity index (χ0n) is 12.9. The quantitative estimate of drug-likeness (QED) is 0.459. The van der Waals surface area contributed by atoms with Gasteiger partial charge in [-0.2, -0.15) is 0 Å². The van der Waals surface area contributed by atoms with E-state index in [1.807, 2.05) is 0 Å². The lowest BCUT2D eigenvalue weighted by Crippen LogP contribution is -2.45. The number of aliphatic imine (C=N–C) groups is 1. The third-order valence-corrected chi connectivity index (χ3v) is 4.23. The van der Waals surface area contributed by atoms with Crippen LogP contribution in [0, 0.1) is 0 Å². The summed E-state index contributed by atoms with van der Waals surface area (Å²) < 4.78 is 5.32. The molecule has 0 amide bonds. The summed E-state index contributed by atoms with van der Waals surface area (Å²) >= 11 is 0. The van der Waals surface area contributed by atoms with Gasteiger partial charge in [0.15, 0.2) is 5.96 Å². The van der Waals surface area contributed by atoms with Gasteiger partial charge in [-0.3, -0.25) is 9.89 Å². The Balaban J connectivity index is 0.00000176. The minimum atomic E-state index is 0. The number of ether oxygens (including phenoxy) is 1. The lowest BCUT2D eigenvalue weighted by Gasteiger charge is -2.29. The minimum absolute atomic E-state index is 0. The Morgan fingerprint density at radius 2 is 1.86 bits per heavy atom. The van der Waals surface area contributed by atoms with Crippen molar-refractivity contribution < 1.29 is 4.74 Å². The molecule has 0 saturated carbocycles. The van der Waals surface area contributed by atoms with Gasteiger partial charge in [-0.1, -0.05) is 24.3 Å². The Morgan fingerprint density at radius 1 is 1.14 bits per heavy atom. The van der Waals surface area contributed by atoms with E-state index >= 15 is 0 Å². The Labute approximate surface area is 149 Å². The van der Waals surface area contributed by atoms with Gasteiger partial charge in [0.05, 0.1) is 19.8 Å². The fraction of sp³-hybridized carbons (Fsp3) is 0.562. The van der Waals surface area contributed by atoms with Crippen molar-refractivity contribution in [2.24, 2.45) is 10.7 Å². The molecule has 1 aromatic rings. The fourth-order valence-corrected chi connectivity index (χ4v) is 2.94. The largest absolute Gasteiger partial charge is 0.378 e. The number of benzene rings is 1. The first-order valence-corrected chi connectivity index (χ1v) is 7.75. The van der Waals surface area contributed by atoms with E-state index in [2.05, 4.69) is 39.1 Å². The van der Waals surface area contributed by atoms with Crippen LogP contribution in [0.1, 0.15) is 11.1 Å². The first-order chi connectivity index (χ1) is 10.3. The maximum Gasteiger partial charge on any atom is 0.191 e. The van der Waals surface area contributed by atoms with Crippen LogP contribution in [0.5, 0.6) is 0 Å². The third-order valence-electron chi connectivity index (χ3n) is 4.23. The van der Waals surface area contributed by atoms with Crippen molar-refractivity contribution in [2.45, 2.75) is 13.0 Å². The zero-order valence-corrected chi connectivity index (χ0v) is 15.2. The molecule has 0 atom stereocenters. The van der Waals surface area contributed by atoms with Crippen LogP contribution in [0.3, 0.4) is 0 Å². The van der Waals surface area contributed by atoms with Crippen molar-refractivity contribution in [2.75, 3.05) is 45.9 Å². The number of hydrogen-bond donors (Lipinski definition) is 1. The van der Waals surface area contributed by atoms with E-state index in [-0.39, 0.29) is 24.0 Å². The molecule has 5 nitrogen and oxygen atoms in total. The standard InChI is InChI=1S/C16H24N4O.HI/c17-16(20-9-11-21-12-10-20)18-6-8-19-7-5-14-3-1-2-4-15(14)13-19;/h1-4H,5-13H2,(H2,17,18);1H. The summed E-state index contributed by atoms with van der Waals surface area (Å²) in [5.74, 6) is 0.663. The van der Waals surface area contributed by atoms with Crippen molar-refractivity contribution in [3.8, 4) is 0 Å². The fourth-order valence-electron chi connectivity index (χ4n) is 2.94. The van der Waals surface area contributed by atoms with Gasteiger partial charge in [0.25, 0.3) is 0 Å². The SMILES string of the molecule is I.NC(=NCCN1CCc2ccccc2C1)N1CCOCC1. The Bertz CT molecular complexity index is 503. The van der Waals surface area contributed by atoms with Gasteiger partial charge in [-0.25, -0.2) is 0 Å². The monoisotopic (exact) mass is 416 g/mol. The predicted octanol–water partition coefficient (Wildman–Crippen LogP) is 1.31. The van der Waals surface area contributed by atoms with Crippen molar-refractivity contribution in [1.82, 2.24) is 9.80 Å². The van der Waals surface area contributed by atoms with Gasteiger partial charge >= 0.3 is 0 Å². The highest BCUT2D eigenvalue weighted by molar-refractivity contribution is 14.0. The molecule has 1 saturated heterocycles. The zero-order chi connectivity index (χ0) is 14.5. The molecular formula is C16H25IN4O. The van der Waals surface area contributed by atoms with Crippen LogP contribution in [0.25, 0.3) is 0 Å². The van der Waals surface area contributed by atoms with Crippen LogP contribution in [-0.2, 0) is 17.7 Å². The summed E-state index contributed by atoms with van der Waals surface area (Å²) in [7, 11) is 0. The number of nitrogens with zero attached hydrogens (tertiary/aromatic N) is 3. The van der Waals surface area contributed by atoms with Crippen LogP contribution >= 0.6 is 24.0 Å².